The van der Waals surface area contributed by atoms with Crippen molar-refractivity contribution in [2.24, 2.45) is 17.8 Å². The average Bonchev–Trinajstić information content (AvgIpc) is 3.77. The first-order valence-corrected chi connectivity index (χ1v) is 23.6. The van der Waals surface area contributed by atoms with Crippen LogP contribution in [0.5, 0.6) is 0 Å². The second-order valence-electron chi connectivity index (χ2n) is 16.8. The number of imidazole rings is 1. The highest BCUT2D eigenvalue weighted by Gasteiger charge is 2.32. The van der Waals surface area contributed by atoms with Crippen LogP contribution in [0.2, 0.25) is 0 Å². The molecule has 1 aromatic heterocycles. The number of aromatic nitrogens is 2. The van der Waals surface area contributed by atoms with E-state index >= 15 is 0 Å². The molecule has 66 heavy (non-hydrogen) atoms. The van der Waals surface area contributed by atoms with Gasteiger partial charge in [0.2, 0.25) is 11.8 Å². The highest BCUT2D eigenvalue weighted by atomic mass is 31.1. The monoisotopic (exact) mass is 931 g/mol. The van der Waals surface area contributed by atoms with Crippen molar-refractivity contribution in [3.05, 3.63) is 128 Å². The van der Waals surface area contributed by atoms with Crippen LogP contribution in [0.4, 0.5) is 16.2 Å². The summed E-state index contributed by atoms with van der Waals surface area (Å²) in [6, 6.07) is 18.8. The van der Waals surface area contributed by atoms with E-state index in [0.29, 0.717) is 19.3 Å². The van der Waals surface area contributed by atoms with E-state index in [-0.39, 0.29) is 48.8 Å². The fraction of sp³-hybridized carbons (Fsp3) is 0.457. The normalized spacial score (nSPS) is 15.1. The van der Waals surface area contributed by atoms with Crippen LogP contribution in [0.25, 0.3) is 5.69 Å². The Morgan fingerprint density at radius 2 is 1.53 bits per heavy atom. The number of hydrogen-bond acceptors (Lipinski definition) is 13. The molecular formula is C46H58N7O12P. The molecule has 0 radical (unpaired) electrons. The minimum Gasteiger partial charge on any atom is -0.469 e. The summed E-state index contributed by atoms with van der Waals surface area (Å²) < 4.78 is 31.5. The minimum absolute atomic E-state index is 0.0395. The number of nitrogens with one attached hydrogen (secondary N) is 3. The van der Waals surface area contributed by atoms with Gasteiger partial charge in [-0.25, -0.2) is 9.78 Å². The first kappa shape index (κ1) is 50.5. The van der Waals surface area contributed by atoms with Crippen LogP contribution in [0.1, 0.15) is 82.0 Å². The van der Waals surface area contributed by atoms with Gasteiger partial charge in [0.05, 0.1) is 41.0 Å². The largest absolute Gasteiger partial charge is 0.469 e. The molecule has 1 fully saturated rings. The van der Waals surface area contributed by atoms with Crippen molar-refractivity contribution >= 4 is 43.3 Å². The quantitative estimate of drug-likeness (QED) is 0.0204. The van der Waals surface area contributed by atoms with Crippen molar-refractivity contribution in [1.82, 2.24) is 25.5 Å². The Bertz CT molecular complexity index is 2290. The number of nitro groups is 2. The number of alkyl carbamates (subject to hydrolysis) is 1. The van der Waals surface area contributed by atoms with Gasteiger partial charge in [0.1, 0.15) is 30.6 Å². The predicted molar refractivity (Wildman–Crippen MR) is 244 cm³/mol. The van der Waals surface area contributed by atoms with Gasteiger partial charge in [0.15, 0.2) is 8.03 Å². The van der Waals surface area contributed by atoms with E-state index in [0.717, 1.165) is 55.4 Å². The van der Waals surface area contributed by atoms with Crippen LogP contribution in [-0.2, 0) is 52.4 Å². The number of methoxy groups -OCH3 is 1. The number of nitro benzene ring substituents is 2. The van der Waals surface area contributed by atoms with E-state index in [4.69, 9.17) is 14.0 Å². The molecule has 0 bridgehead atoms. The molecule has 5 atom stereocenters. The molecule has 3 amide bonds. The maximum Gasteiger partial charge on any atom is 0.408 e. The summed E-state index contributed by atoms with van der Waals surface area (Å²) in [4.78, 5) is 81.0. The SMILES string of the molecule is COC(=O)C(CC(C)C)C[PH](=O)OC(CC1CCCCC1)NC(=O)[C@H](Cc1cn(-c2ccc([N+](=O)[O-])cc2[N+](=O)[O-])cn1)NC(=O)C(CCc1ccccc1)NC(=O)OCc1ccccc1. The molecule has 1 saturated carbocycles. The van der Waals surface area contributed by atoms with Crippen LogP contribution in [0.15, 0.2) is 91.4 Å². The minimum atomic E-state index is -2.95. The lowest BCUT2D eigenvalue weighted by molar-refractivity contribution is -0.394. The van der Waals surface area contributed by atoms with Gasteiger partial charge in [-0.3, -0.25) is 43.7 Å². The number of benzene rings is 3. The summed E-state index contributed by atoms with van der Waals surface area (Å²) in [5.41, 5.74) is 0.701. The van der Waals surface area contributed by atoms with E-state index in [1.165, 1.54) is 30.3 Å². The predicted octanol–water partition coefficient (Wildman–Crippen LogP) is 7.38. The number of amides is 3. The van der Waals surface area contributed by atoms with Gasteiger partial charge in [-0.15, -0.1) is 0 Å². The Kier molecular flexibility index (Phi) is 19.4. The lowest BCUT2D eigenvalue weighted by Gasteiger charge is -2.29. The fourth-order valence-electron chi connectivity index (χ4n) is 7.94. The summed E-state index contributed by atoms with van der Waals surface area (Å²) in [6.07, 6.45) is 6.21. The van der Waals surface area contributed by atoms with Crippen LogP contribution in [-0.4, -0.2) is 74.9 Å². The van der Waals surface area contributed by atoms with Crippen molar-refractivity contribution in [2.45, 2.75) is 103 Å². The first-order valence-electron chi connectivity index (χ1n) is 22.0. The van der Waals surface area contributed by atoms with Crippen molar-refractivity contribution in [2.75, 3.05) is 13.3 Å². The van der Waals surface area contributed by atoms with Gasteiger partial charge in [0, 0.05) is 24.8 Å². The third kappa shape index (κ3) is 15.9. The Morgan fingerprint density at radius 3 is 2.17 bits per heavy atom. The van der Waals surface area contributed by atoms with Gasteiger partial charge in [-0.2, -0.15) is 0 Å². The molecule has 1 aliphatic carbocycles. The van der Waals surface area contributed by atoms with E-state index in [1.54, 1.807) is 24.3 Å². The van der Waals surface area contributed by atoms with Crippen LogP contribution in [0.3, 0.4) is 0 Å². The molecule has 3 aromatic carbocycles. The molecule has 19 nitrogen and oxygen atoms in total. The Hall–Kier alpha value is -6.46. The van der Waals surface area contributed by atoms with Crippen LogP contribution in [0, 0.1) is 38.0 Å². The Balaban J connectivity index is 1.44. The lowest BCUT2D eigenvalue weighted by Crippen LogP contribution is -2.56. The average molecular weight is 932 g/mol. The summed E-state index contributed by atoms with van der Waals surface area (Å²) in [5.74, 6) is -2.46. The van der Waals surface area contributed by atoms with E-state index in [1.807, 2.05) is 50.2 Å². The smallest absolute Gasteiger partial charge is 0.408 e. The topological polar surface area (TPSA) is 253 Å². The third-order valence-corrected chi connectivity index (χ3v) is 12.6. The molecule has 3 N–H and O–H groups in total. The zero-order chi connectivity index (χ0) is 47.6. The molecule has 4 unspecified atom stereocenters. The van der Waals surface area contributed by atoms with Gasteiger partial charge >= 0.3 is 12.1 Å². The number of rotatable bonds is 24. The fourth-order valence-corrected chi connectivity index (χ4v) is 9.25. The lowest BCUT2D eigenvalue weighted by atomic mass is 9.86. The van der Waals surface area contributed by atoms with Crippen molar-refractivity contribution < 1.29 is 47.6 Å². The van der Waals surface area contributed by atoms with Crippen molar-refractivity contribution in [3.63, 3.8) is 0 Å². The maximum absolute atomic E-state index is 14.6. The molecule has 0 saturated heterocycles. The second-order valence-corrected chi connectivity index (χ2v) is 18.2. The zero-order valence-corrected chi connectivity index (χ0v) is 38.3. The number of nitrogens with zero attached hydrogens (tertiary/aromatic N) is 4. The zero-order valence-electron chi connectivity index (χ0n) is 37.3. The molecule has 1 aliphatic rings. The van der Waals surface area contributed by atoms with Gasteiger partial charge in [-0.05, 0) is 54.7 Å². The number of aryl methyl sites for hydroxylation is 1. The summed E-state index contributed by atoms with van der Waals surface area (Å²) in [7, 11) is -1.68. The Labute approximate surface area is 383 Å². The number of ether oxygens (including phenoxy) is 2. The van der Waals surface area contributed by atoms with Gasteiger partial charge in [0.25, 0.3) is 11.4 Å². The van der Waals surface area contributed by atoms with Crippen molar-refractivity contribution in [3.8, 4) is 5.69 Å². The number of carbonyl (C=O) groups is 4. The van der Waals surface area contributed by atoms with Gasteiger partial charge < -0.3 is 29.9 Å². The molecule has 4 aromatic rings. The van der Waals surface area contributed by atoms with E-state index in [9.17, 15) is 44.0 Å². The molecule has 354 valence electrons. The first-order chi connectivity index (χ1) is 31.7. The molecule has 5 rings (SSSR count). The third-order valence-electron chi connectivity index (χ3n) is 11.3. The van der Waals surface area contributed by atoms with Crippen LogP contribution >= 0.6 is 8.03 Å². The Morgan fingerprint density at radius 1 is 0.864 bits per heavy atom. The standard InChI is InChI=1S/C46H58N7O12P/c1-31(2)23-35(45(56)63-3)29-66(62)65-42(24-33-15-9-5-10-16-33)50-44(55)39(25-36-27-51(30-47-36)40-22-20-37(52(58)59)26-41(40)53(60)61)48-43(54)38(21-19-32-13-7-4-8-14-32)49-46(57)64-28-34-17-11-6-12-18-34/h4,6-8,11-14,17-18,20,22,26-27,30-31,33,35,38-39,42,66H,5,9-10,15-16,19,21,23-25,28-29H2,1-3H3,(H,48,54)(H,49,57)(H,50,55)/t35?,38?,39-,42?/m0/s1. The number of esters is 1. The molecule has 1 heterocycles. The number of non-ortho nitro benzene ring substituents is 1. The molecular weight excluding hydrogens is 874 g/mol. The summed E-state index contributed by atoms with van der Waals surface area (Å²) in [5, 5.41) is 31.7. The van der Waals surface area contributed by atoms with Gasteiger partial charge in [-0.1, -0.05) is 107 Å². The number of hydrogen-bond donors (Lipinski definition) is 3. The van der Waals surface area contributed by atoms with Crippen LogP contribution < -0.4 is 16.0 Å². The van der Waals surface area contributed by atoms with Crippen molar-refractivity contribution in [1.29, 1.82) is 0 Å². The summed E-state index contributed by atoms with van der Waals surface area (Å²) in [6.45, 7) is 3.80. The maximum atomic E-state index is 14.6. The highest BCUT2D eigenvalue weighted by molar-refractivity contribution is 7.39. The highest BCUT2D eigenvalue weighted by Crippen LogP contribution is 2.35. The summed E-state index contributed by atoms with van der Waals surface area (Å²) >= 11 is 0. The molecule has 20 heteroatoms. The second kappa shape index (κ2) is 25.3. The van der Waals surface area contributed by atoms with E-state index < -0.39 is 77.4 Å². The number of carbonyl (C=O) groups excluding carboxylic acids is 4. The molecule has 0 aliphatic heterocycles. The van der Waals surface area contributed by atoms with E-state index in [2.05, 4.69) is 20.9 Å². The molecule has 0 spiro atoms.